The minimum atomic E-state index is -1.12. The second-order valence-electron chi connectivity index (χ2n) is 8.77. The summed E-state index contributed by atoms with van der Waals surface area (Å²) in [5, 5.41) is 35.4. The van der Waals surface area contributed by atoms with Crippen molar-refractivity contribution in [3.8, 4) is 17.6 Å². The number of benzene rings is 2. The molecule has 1 saturated carbocycles. The molecule has 0 spiro atoms. The van der Waals surface area contributed by atoms with Crippen molar-refractivity contribution in [2.45, 2.75) is 57.5 Å². The van der Waals surface area contributed by atoms with E-state index in [1.807, 2.05) is 6.92 Å². The SMILES string of the molecule is COc1cc(C(O)C(Cn2cc3c(C#N)ccc(C(=O)O)c3n2)OC2CCCC2)cc(OC)c1C. The van der Waals surface area contributed by atoms with E-state index in [0.29, 0.717) is 28.0 Å². The summed E-state index contributed by atoms with van der Waals surface area (Å²) in [4.78, 5) is 11.7. The lowest BCUT2D eigenvalue weighted by Gasteiger charge is -2.27. The molecule has 2 unspecified atom stereocenters. The molecule has 0 bridgehead atoms. The van der Waals surface area contributed by atoms with Crippen molar-refractivity contribution < 1.29 is 29.2 Å². The average molecular weight is 480 g/mol. The van der Waals surface area contributed by atoms with Crippen LogP contribution in [0.2, 0.25) is 0 Å². The molecule has 2 aromatic carbocycles. The number of nitriles is 1. The van der Waals surface area contributed by atoms with E-state index in [2.05, 4.69) is 11.2 Å². The first-order valence-corrected chi connectivity index (χ1v) is 11.6. The minimum Gasteiger partial charge on any atom is -0.496 e. The number of carbonyl (C=O) groups is 1. The van der Waals surface area contributed by atoms with Crippen molar-refractivity contribution in [1.82, 2.24) is 9.78 Å². The average Bonchev–Trinajstić information content (AvgIpc) is 3.52. The van der Waals surface area contributed by atoms with Gasteiger partial charge in [0.05, 0.1) is 44.1 Å². The third-order valence-corrected chi connectivity index (χ3v) is 6.58. The molecule has 2 N–H and O–H groups in total. The van der Waals surface area contributed by atoms with E-state index in [0.717, 1.165) is 31.2 Å². The molecule has 0 aliphatic heterocycles. The lowest BCUT2D eigenvalue weighted by Crippen LogP contribution is -2.31. The first kappa shape index (κ1) is 24.5. The maximum atomic E-state index is 11.7. The number of nitrogens with zero attached hydrogens (tertiary/aromatic N) is 3. The number of aromatic carboxylic acids is 1. The Kier molecular flexibility index (Phi) is 7.24. The van der Waals surface area contributed by atoms with Crippen molar-refractivity contribution in [3.05, 3.63) is 52.7 Å². The van der Waals surface area contributed by atoms with Gasteiger partial charge in [-0.3, -0.25) is 4.68 Å². The van der Waals surface area contributed by atoms with E-state index in [-0.39, 0.29) is 23.7 Å². The van der Waals surface area contributed by atoms with Gasteiger partial charge in [0.2, 0.25) is 0 Å². The predicted molar refractivity (Wildman–Crippen MR) is 128 cm³/mol. The predicted octanol–water partition coefficient (Wildman–Crippen LogP) is 3.99. The molecule has 9 nitrogen and oxygen atoms in total. The highest BCUT2D eigenvalue weighted by Gasteiger charge is 2.29. The molecule has 2 atom stereocenters. The first-order valence-electron chi connectivity index (χ1n) is 11.6. The highest BCUT2D eigenvalue weighted by molar-refractivity contribution is 6.03. The lowest BCUT2D eigenvalue weighted by molar-refractivity contribution is -0.0845. The smallest absolute Gasteiger partial charge is 0.337 e. The molecule has 1 aliphatic rings. The summed E-state index contributed by atoms with van der Waals surface area (Å²) in [7, 11) is 3.12. The number of hydrogen-bond donors (Lipinski definition) is 2. The molecule has 184 valence electrons. The van der Waals surface area contributed by atoms with Gasteiger partial charge >= 0.3 is 5.97 Å². The third kappa shape index (κ3) is 4.94. The number of ether oxygens (including phenoxy) is 3. The molecule has 1 heterocycles. The Morgan fingerprint density at radius 2 is 1.89 bits per heavy atom. The van der Waals surface area contributed by atoms with E-state index in [9.17, 15) is 20.3 Å². The summed E-state index contributed by atoms with van der Waals surface area (Å²) >= 11 is 0. The standard InChI is InChI=1S/C26H29N3O6/c1-15-21(33-2)10-17(11-22(15)34-3)25(30)23(35-18-6-4-5-7-18)14-29-13-20-16(12-27)8-9-19(26(31)32)24(20)28-29/h8-11,13,18,23,25,30H,4-7,14H2,1-3H3,(H,31,32). The maximum Gasteiger partial charge on any atom is 0.337 e. The highest BCUT2D eigenvalue weighted by atomic mass is 16.5. The van der Waals surface area contributed by atoms with Crippen LogP contribution in [0.4, 0.5) is 0 Å². The van der Waals surface area contributed by atoms with Gasteiger partial charge in [0.25, 0.3) is 0 Å². The Hall–Kier alpha value is -3.61. The number of rotatable bonds is 9. The van der Waals surface area contributed by atoms with Gasteiger partial charge in [0.1, 0.15) is 29.2 Å². The molecule has 3 aromatic rings. The van der Waals surface area contributed by atoms with Gasteiger partial charge in [-0.1, -0.05) is 12.8 Å². The summed E-state index contributed by atoms with van der Waals surface area (Å²) in [5.41, 5.74) is 1.97. The molecule has 1 aromatic heterocycles. The number of carboxylic acids is 1. The number of carboxylic acid groups (broad SMARTS) is 1. The fraction of sp³-hybridized carbons (Fsp3) is 0.423. The molecule has 0 saturated heterocycles. The topological polar surface area (TPSA) is 127 Å². The zero-order valence-corrected chi connectivity index (χ0v) is 20.0. The van der Waals surface area contributed by atoms with E-state index in [4.69, 9.17) is 14.2 Å². The largest absolute Gasteiger partial charge is 0.496 e. The van der Waals surface area contributed by atoms with Crippen molar-refractivity contribution >= 4 is 16.9 Å². The quantitative estimate of drug-likeness (QED) is 0.472. The van der Waals surface area contributed by atoms with Gasteiger partial charge in [-0.15, -0.1) is 0 Å². The maximum absolute atomic E-state index is 11.7. The Bertz CT molecular complexity index is 1250. The zero-order valence-electron chi connectivity index (χ0n) is 20.0. The number of hydrogen-bond acceptors (Lipinski definition) is 7. The molecule has 1 fully saturated rings. The first-order chi connectivity index (χ1) is 16.9. The Balaban J connectivity index is 1.72. The monoisotopic (exact) mass is 479 g/mol. The van der Waals surface area contributed by atoms with Crippen molar-refractivity contribution in [1.29, 1.82) is 5.26 Å². The van der Waals surface area contributed by atoms with E-state index in [1.165, 1.54) is 12.1 Å². The van der Waals surface area contributed by atoms with Crippen molar-refractivity contribution in [2.24, 2.45) is 0 Å². The summed E-state index contributed by atoms with van der Waals surface area (Å²) in [6.07, 6.45) is 3.90. The number of aliphatic hydroxyl groups excluding tert-OH is 1. The molecule has 0 amide bonds. The number of fused-ring (bicyclic) bond motifs is 1. The summed E-state index contributed by atoms with van der Waals surface area (Å²) in [6, 6.07) is 8.48. The van der Waals surface area contributed by atoms with Gasteiger partial charge in [-0.2, -0.15) is 10.4 Å². The van der Waals surface area contributed by atoms with Crippen LogP contribution < -0.4 is 9.47 Å². The van der Waals surface area contributed by atoms with Crippen LogP contribution in [-0.2, 0) is 11.3 Å². The Labute approximate surface area is 203 Å². The van der Waals surface area contributed by atoms with Gasteiger partial charge in [0, 0.05) is 17.1 Å². The highest BCUT2D eigenvalue weighted by Crippen LogP contribution is 2.35. The van der Waals surface area contributed by atoms with Crippen LogP contribution in [0.1, 0.15) is 58.8 Å². The van der Waals surface area contributed by atoms with Crippen LogP contribution in [0.25, 0.3) is 10.9 Å². The number of aliphatic hydroxyl groups is 1. The normalized spacial score (nSPS) is 15.6. The van der Waals surface area contributed by atoms with Gasteiger partial charge in [0.15, 0.2) is 0 Å². The van der Waals surface area contributed by atoms with Crippen LogP contribution in [0.5, 0.6) is 11.5 Å². The summed E-state index contributed by atoms with van der Waals surface area (Å²) < 4.78 is 18.9. The lowest BCUT2D eigenvalue weighted by atomic mass is 10.0. The van der Waals surface area contributed by atoms with E-state index < -0.39 is 18.2 Å². The van der Waals surface area contributed by atoms with Gasteiger partial charge in [-0.05, 0) is 49.6 Å². The van der Waals surface area contributed by atoms with Crippen LogP contribution in [0, 0.1) is 18.3 Å². The Morgan fingerprint density at radius 3 is 2.46 bits per heavy atom. The fourth-order valence-electron chi connectivity index (χ4n) is 4.68. The van der Waals surface area contributed by atoms with Crippen LogP contribution >= 0.6 is 0 Å². The molecular formula is C26H29N3O6. The van der Waals surface area contributed by atoms with Gasteiger partial charge < -0.3 is 24.4 Å². The second-order valence-corrected chi connectivity index (χ2v) is 8.77. The molecule has 9 heteroatoms. The van der Waals surface area contributed by atoms with Gasteiger partial charge in [-0.25, -0.2) is 4.79 Å². The second kappa shape index (κ2) is 10.3. The minimum absolute atomic E-state index is 0.0121. The number of methoxy groups -OCH3 is 2. The summed E-state index contributed by atoms with van der Waals surface area (Å²) in [6.45, 7) is 2.04. The van der Waals surface area contributed by atoms with Crippen molar-refractivity contribution in [2.75, 3.05) is 14.2 Å². The Morgan fingerprint density at radius 1 is 1.23 bits per heavy atom. The third-order valence-electron chi connectivity index (χ3n) is 6.58. The van der Waals surface area contributed by atoms with E-state index >= 15 is 0 Å². The fourth-order valence-corrected chi connectivity index (χ4v) is 4.68. The van der Waals surface area contributed by atoms with E-state index in [1.54, 1.807) is 37.2 Å². The molecular weight excluding hydrogens is 450 g/mol. The zero-order chi connectivity index (χ0) is 25.1. The van der Waals surface area contributed by atoms with Crippen LogP contribution in [0.15, 0.2) is 30.5 Å². The molecule has 4 rings (SSSR count). The molecule has 35 heavy (non-hydrogen) atoms. The van der Waals surface area contributed by atoms with Crippen molar-refractivity contribution in [3.63, 3.8) is 0 Å². The van der Waals surface area contributed by atoms with Crippen LogP contribution in [-0.4, -0.2) is 52.4 Å². The molecule has 1 aliphatic carbocycles. The van der Waals surface area contributed by atoms with Crippen LogP contribution in [0.3, 0.4) is 0 Å². The summed E-state index contributed by atoms with van der Waals surface area (Å²) in [5.74, 6) is 0.0580. The molecule has 0 radical (unpaired) electrons. The number of aromatic nitrogens is 2.